The van der Waals surface area contributed by atoms with Crippen LogP contribution < -0.4 is 9.47 Å². The molecule has 0 radical (unpaired) electrons. The second kappa shape index (κ2) is 8.45. The van der Waals surface area contributed by atoms with Gasteiger partial charge >= 0.3 is 0 Å². The monoisotopic (exact) mass is 517 g/mol. The molecule has 1 saturated heterocycles. The fraction of sp³-hybridized carbons (Fsp3) is 0.533. The molecule has 3 aliphatic carbocycles. The normalized spacial score (nSPS) is 33.1. The molecule has 5 aliphatic rings. The van der Waals surface area contributed by atoms with Gasteiger partial charge in [-0.3, -0.25) is 9.69 Å². The maximum atomic E-state index is 13.4. The lowest BCUT2D eigenvalue weighted by molar-refractivity contribution is -0.200. The van der Waals surface area contributed by atoms with E-state index in [2.05, 4.69) is 9.88 Å². The summed E-state index contributed by atoms with van der Waals surface area (Å²) < 4.78 is 11.7. The van der Waals surface area contributed by atoms with Crippen LogP contribution in [0.1, 0.15) is 48.8 Å². The van der Waals surface area contributed by atoms with Gasteiger partial charge in [0.2, 0.25) is 11.8 Å². The zero-order valence-corrected chi connectivity index (χ0v) is 22.0. The number of benzene rings is 1. The van der Waals surface area contributed by atoms with E-state index in [4.69, 9.17) is 9.47 Å². The van der Waals surface area contributed by atoms with E-state index in [9.17, 15) is 15.0 Å². The fourth-order valence-corrected chi connectivity index (χ4v) is 7.91. The van der Waals surface area contributed by atoms with Crippen molar-refractivity contribution in [3.63, 3.8) is 0 Å². The van der Waals surface area contributed by atoms with Gasteiger partial charge in [-0.15, -0.1) is 0 Å². The molecule has 7 rings (SSSR count). The predicted molar refractivity (Wildman–Crippen MR) is 141 cm³/mol. The second-order valence-electron chi connectivity index (χ2n) is 11.8. The van der Waals surface area contributed by atoms with E-state index in [0.29, 0.717) is 24.5 Å². The van der Waals surface area contributed by atoms with E-state index in [0.717, 1.165) is 48.5 Å². The van der Waals surface area contributed by atoms with Crippen molar-refractivity contribution in [2.24, 2.45) is 5.92 Å². The summed E-state index contributed by atoms with van der Waals surface area (Å²) in [5.41, 5.74) is 1.36. The van der Waals surface area contributed by atoms with Crippen molar-refractivity contribution in [2.45, 2.75) is 67.7 Å². The smallest absolute Gasteiger partial charge is 0.246 e. The van der Waals surface area contributed by atoms with Crippen molar-refractivity contribution in [3.8, 4) is 17.4 Å². The van der Waals surface area contributed by atoms with Crippen molar-refractivity contribution in [2.75, 3.05) is 27.2 Å². The Hall–Kier alpha value is -3.10. The number of pyridine rings is 1. The van der Waals surface area contributed by atoms with E-state index in [-0.39, 0.29) is 23.7 Å². The number of likely N-dealkylation sites (tertiary alicyclic amines) is 1. The van der Waals surface area contributed by atoms with Gasteiger partial charge in [-0.05, 0) is 80.3 Å². The zero-order chi connectivity index (χ0) is 26.2. The van der Waals surface area contributed by atoms with Crippen molar-refractivity contribution >= 4 is 12.0 Å². The van der Waals surface area contributed by atoms with Crippen LogP contribution in [-0.2, 0) is 16.6 Å². The molecule has 8 nitrogen and oxygen atoms in total. The zero-order valence-electron chi connectivity index (χ0n) is 22.0. The highest BCUT2D eigenvalue weighted by molar-refractivity contribution is 5.92. The quantitative estimate of drug-likeness (QED) is 0.569. The number of rotatable bonds is 6. The molecule has 2 aromatic rings. The molecule has 2 saturated carbocycles. The van der Waals surface area contributed by atoms with E-state index in [1.54, 1.807) is 42.5 Å². The number of piperidine rings is 1. The van der Waals surface area contributed by atoms with Crippen LogP contribution in [0.2, 0.25) is 0 Å². The number of aromatic nitrogens is 1. The molecule has 2 N–H and O–H groups in total. The number of carbonyl (C=O) groups excluding carboxylic acids is 1. The standard InChI is InChI=1S/C30H35N3O5/c1-32(25(35)10-6-18-5-9-24(37-2)31-16-18)21-11-12-30(36)23-15-20-7-8-22(34)27-26(20)29(30,28(21)38-27)13-14-33(23)17-19-3-4-19/h5-10,16,19,21,23,28,34,36H,3-4,11-15,17H2,1-2H3/t21-,23+,28-,29-,30+/m0/s1. The van der Waals surface area contributed by atoms with Gasteiger partial charge in [0.05, 0.1) is 24.2 Å². The van der Waals surface area contributed by atoms with Crippen LogP contribution in [0.15, 0.2) is 36.5 Å². The lowest BCUT2D eigenvalue weighted by Crippen LogP contribution is -2.78. The summed E-state index contributed by atoms with van der Waals surface area (Å²) in [6.45, 7) is 1.94. The van der Waals surface area contributed by atoms with Crippen molar-refractivity contribution < 1.29 is 24.5 Å². The van der Waals surface area contributed by atoms with Gasteiger partial charge in [-0.25, -0.2) is 4.98 Å². The highest BCUT2D eigenvalue weighted by Crippen LogP contribution is 2.66. The summed E-state index contributed by atoms with van der Waals surface area (Å²) in [4.78, 5) is 21.9. The largest absolute Gasteiger partial charge is 0.504 e. The van der Waals surface area contributed by atoms with E-state index < -0.39 is 17.1 Å². The summed E-state index contributed by atoms with van der Waals surface area (Å²) in [6.07, 6.45) is 9.89. The highest BCUT2D eigenvalue weighted by Gasteiger charge is 2.73. The van der Waals surface area contributed by atoms with Gasteiger partial charge in [0, 0.05) is 43.5 Å². The first-order valence-corrected chi connectivity index (χ1v) is 13.8. The Labute approximate surface area is 222 Å². The SMILES string of the molecule is COc1ccc(C=CC(=O)N(C)[C@H]2CC[C@@]3(O)[C@H]4Cc5ccc(O)c6c5[C@@]3(CCN4CC3CC3)[C@H]2O6)cn1. The van der Waals surface area contributed by atoms with Crippen LogP contribution >= 0.6 is 0 Å². The summed E-state index contributed by atoms with van der Waals surface area (Å²) >= 11 is 0. The average molecular weight is 518 g/mol. The van der Waals surface area contributed by atoms with E-state index >= 15 is 0 Å². The van der Waals surface area contributed by atoms with Gasteiger partial charge < -0.3 is 24.6 Å². The number of carbonyl (C=O) groups is 1. The van der Waals surface area contributed by atoms with Crippen LogP contribution in [0.3, 0.4) is 0 Å². The molecule has 3 fully saturated rings. The number of aliphatic hydroxyl groups is 1. The maximum absolute atomic E-state index is 13.4. The molecule has 5 atom stereocenters. The van der Waals surface area contributed by atoms with Crippen LogP contribution in [0.4, 0.5) is 0 Å². The Morgan fingerprint density at radius 3 is 2.84 bits per heavy atom. The third kappa shape index (κ3) is 3.29. The molecular weight excluding hydrogens is 482 g/mol. The summed E-state index contributed by atoms with van der Waals surface area (Å²) in [6, 6.07) is 7.15. The predicted octanol–water partition coefficient (Wildman–Crippen LogP) is 2.90. The first kappa shape index (κ1) is 24.0. The molecule has 2 aliphatic heterocycles. The first-order valence-electron chi connectivity index (χ1n) is 13.8. The average Bonchev–Trinajstić information content (AvgIpc) is 3.67. The van der Waals surface area contributed by atoms with Crippen LogP contribution in [0.5, 0.6) is 17.4 Å². The lowest BCUT2D eigenvalue weighted by atomic mass is 9.48. The van der Waals surface area contributed by atoms with Crippen LogP contribution in [-0.4, -0.2) is 81.9 Å². The Balaban J connectivity index is 1.22. The third-order valence-corrected chi connectivity index (χ3v) is 9.96. The van der Waals surface area contributed by atoms with E-state index in [1.165, 1.54) is 12.8 Å². The first-order chi connectivity index (χ1) is 18.4. The number of likely N-dealkylation sites (N-methyl/N-ethyl adjacent to an activating group) is 1. The topological polar surface area (TPSA) is 95.4 Å². The molecule has 1 aromatic heterocycles. The fourth-order valence-electron chi connectivity index (χ4n) is 7.91. The van der Waals surface area contributed by atoms with Gasteiger partial charge in [0.1, 0.15) is 6.10 Å². The number of aromatic hydroxyl groups is 1. The number of phenols is 1. The Morgan fingerprint density at radius 1 is 1.26 bits per heavy atom. The molecule has 38 heavy (non-hydrogen) atoms. The summed E-state index contributed by atoms with van der Waals surface area (Å²) in [5, 5.41) is 23.4. The summed E-state index contributed by atoms with van der Waals surface area (Å²) in [7, 11) is 3.39. The molecule has 0 unspecified atom stereocenters. The van der Waals surface area contributed by atoms with Gasteiger partial charge in [0.15, 0.2) is 11.5 Å². The lowest BCUT2D eigenvalue weighted by Gasteiger charge is -2.64. The van der Waals surface area contributed by atoms with Crippen molar-refractivity contribution in [1.29, 1.82) is 0 Å². The maximum Gasteiger partial charge on any atom is 0.246 e. The molecule has 200 valence electrons. The minimum Gasteiger partial charge on any atom is -0.504 e. The van der Waals surface area contributed by atoms with Crippen LogP contribution in [0.25, 0.3) is 6.08 Å². The molecule has 1 aromatic carbocycles. The molecule has 8 heteroatoms. The van der Waals surface area contributed by atoms with Gasteiger partial charge in [-0.1, -0.05) is 6.07 Å². The van der Waals surface area contributed by atoms with Gasteiger partial charge in [0.25, 0.3) is 0 Å². The van der Waals surface area contributed by atoms with Crippen LogP contribution in [0, 0.1) is 5.92 Å². The van der Waals surface area contributed by atoms with E-state index in [1.807, 2.05) is 19.2 Å². The molecule has 3 heterocycles. The Bertz CT molecular complexity index is 1310. The number of nitrogens with zero attached hydrogens (tertiary/aromatic N) is 3. The number of methoxy groups -OCH3 is 1. The Morgan fingerprint density at radius 2 is 2.11 bits per heavy atom. The number of ether oxygens (including phenoxy) is 2. The molecular formula is C30H35N3O5. The number of amides is 1. The highest BCUT2D eigenvalue weighted by atomic mass is 16.5. The number of phenolic OH excluding ortho intramolecular Hbond substituents is 1. The van der Waals surface area contributed by atoms with Gasteiger partial charge in [-0.2, -0.15) is 0 Å². The molecule has 2 bridgehead atoms. The third-order valence-electron chi connectivity index (χ3n) is 9.96. The number of hydrogen-bond donors (Lipinski definition) is 2. The van der Waals surface area contributed by atoms with Crippen molar-refractivity contribution in [1.82, 2.24) is 14.8 Å². The minimum atomic E-state index is -0.957. The molecule has 1 spiro atoms. The summed E-state index contributed by atoms with van der Waals surface area (Å²) in [5.74, 6) is 1.76. The Kier molecular flexibility index (Phi) is 5.33. The second-order valence-corrected chi connectivity index (χ2v) is 11.8. The minimum absolute atomic E-state index is 0.0235. The number of hydrogen-bond acceptors (Lipinski definition) is 7. The van der Waals surface area contributed by atoms with Crippen molar-refractivity contribution in [3.05, 3.63) is 53.2 Å². The molecule has 1 amide bonds.